The van der Waals surface area contributed by atoms with E-state index in [1.54, 1.807) is 30.3 Å². The van der Waals surface area contributed by atoms with Crippen molar-refractivity contribution in [3.05, 3.63) is 95.6 Å². The van der Waals surface area contributed by atoms with E-state index in [9.17, 15) is 31.2 Å². The lowest BCUT2D eigenvalue weighted by molar-refractivity contribution is -0.137. The molecule has 1 amide bonds. The summed E-state index contributed by atoms with van der Waals surface area (Å²) in [6.45, 7) is -0.828. The maximum atomic E-state index is 13.0. The van der Waals surface area contributed by atoms with E-state index in [1.165, 1.54) is 30.3 Å². The van der Waals surface area contributed by atoms with Crippen LogP contribution in [0.4, 0.5) is 18.9 Å². The van der Waals surface area contributed by atoms with E-state index < -0.39 is 45.9 Å². The summed E-state index contributed by atoms with van der Waals surface area (Å²) in [4.78, 5) is 24.1. The molecule has 0 heterocycles. The number of carbonyl (C=O) groups excluding carboxylic acids is 2. The maximum Gasteiger partial charge on any atom is 0.418 e. The topological polar surface area (TPSA) is 102 Å². The van der Waals surface area contributed by atoms with E-state index in [2.05, 4.69) is 4.72 Å². The molecule has 0 aromatic heterocycles. The zero-order valence-corrected chi connectivity index (χ0v) is 18.3. The predicted octanol–water partition coefficient (Wildman–Crippen LogP) is 3.98. The number of para-hydroxylation sites is 1. The fourth-order valence-electron chi connectivity index (χ4n) is 2.89. The zero-order valence-electron chi connectivity index (χ0n) is 17.5. The number of hydrogen-bond acceptors (Lipinski definition) is 5. The molecule has 0 bridgehead atoms. The zero-order chi connectivity index (χ0) is 24.8. The number of rotatable bonds is 8. The van der Waals surface area contributed by atoms with Gasteiger partial charge in [0.2, 0.25) is 10.0 Å². The molecule has 7 nitrogen and oxygen atoms in total. The van der Waals surface area contributed by atoms with Crippen molar-refractivity contribution >= 4 is 27.6 Å². The first-order chi connectivity index (χ1) is 16.1. The van der Waals surface area contributed by atoms with Crippen molar-refractivity contribution in [2.45, 2.75) is 17.6 Å². The molecular weight excluding hydrogens is 473 g/mol. The molecule has 178 valence electrons. The van der Waals surface area contributed by atoms with Crippen LogP contribution in [0.1, 0.15) is 21.5 Å². The number of amides is 1. The molecule has 0 spiro atoms. The largest absolute Gasteiger partial charge is 0.452 e. The van der Waals surface area contributed by atoms with Crippen LogP contribution in [0.3, 0.4) is 0 Å². The molecule has 3 aromatic rings. The van der Waals surface area contributed by atoms with Crippen LogP contribution in [0, 0.1) is 0 Å². The van der Waals surface area contributed by atoms with Crippen LogP contribution in [0.15, 0.2) is 83.8 Å². The number of sulfonamides is 1. The average Bonchev–Trinajstić information content (AvgIpc) is 2.82. The normalized spacial score (nSPS) is 11.6. The van der Waals surface area contributed by atoms with E-state index in [-0.39, 0.29) is 17.0 Å². The van der Waals surface area contributed by atoms with Gasteiger partial charge in [0.1, 0.15) is 0 Å². The molecule has 0 aliphatic carbocycles. The number of benzene rings is 3. The fourth-order valence-corrected chi connectivity index (χ4v) is 3.95. The van der Waals surface area contributed by atoms with Crippen LogP contribution < -0.4 is 10.0 Å². The third-order valence-electron chi connectivity index (χ3n) is 4.53. The summed E-state index contributed by atoms with van der Waals surface area (Å²) in [5, 5.41) is 2.05. The number of halogens is 3. The maximum absolute atomic E-state index is 13.0. The van der Waals surface area contributed by atoms with Crippen molar-refractivity contribution in [2.24, 2.45) is 0 Å². The highest BCUT2D eigenvalue weighted by molar-refractivity contribution is 7.89. The van der Waals surface area contributed by atoms with Gasteiger partial charge in [-0.25, -0.2) is 17.9 Å². The Hall–Kier alpha value is -3.70. The minimum Gasteiger partial charge on any atom is -0.452 e. The molecule has 0 aliphatic rings. The second-order valence-electron chi connectivity index (χ2n) is 7.01. The van der Waals surface area contributed by atoms with Gasteiger partial charge >= 0.3 is 12.1 Å². The predicted molar refractivity (Wildman–Crippen MR) is 117 cm³/mol. The van der Waals surface area contributed by atoms with Gasteiger partial charge in [-0.05, 0) is 35.9 Å². The number of esters is 1. The molecule has 3 aromatic carbocycles. The first-order valence-corrected chi connectivity index (χ1v) is 11.3. The highest BCUT2D eigenvalue weighted by Gasteiger charge is 2.33. The summed E-state index contributed by atoms with van der Waals surface area (Å²) in [5.41, 5.74) is -0.935. The van der Waals surface area contributed by atoms with Crippen LogP contribution in [-0.4, -0.2) is 26.9 Å². The Morgan fingerprint density at radius 2 is 1.56 bits per heavy atom. The molecule has 2 N–H and O–H groups in total. The van der Waals surface area contributed by atoms with Crippen LogP contribution in [0.25, 0.3) is 0 Å². The molecule has 0 fully saturated rings. The van der Waals surface area contributed by atoms with Crippen molar-refractivity contribution in [3.63, 3.8) is 0 Å². The van der Waals surface area contributed by atoms with Crippen molar-refractivity contribution in [1.29, 1.82) is 0 Å². The van der Waals surface area contributed by atoms with Gasteiger partial charge in [0.05, 0.1) is 21.7 Å². The molecule has 0 unspecified atom stereocenters. The Balaban J connectivity index is 1.62. The van der Waals surface area contributed by atoms with Gasteiger partial charge in [-0.1, -0.05) is 48.5 Å². The van der Waals surface area contributed by atoms with Gasteiger partial charge < -0.3 is 10.1 Å². The van der Waals surface area contributed by atoms with Crippen molar-refractivity contribution in [3.8, 4) is 0 Å². The van der Waals surface area contributed by atoms with Crippen molar-refractivity contribution in [1.82, 2.24) is 4.72 Å². The average molecular weight is 492 g/mol. The molecule has 11 heteroatoms. The summed E-state index contributed by atoms with van der Waals surface area (Å²) < 4.78 is 71.4. The number of anilines is 1. The van der Waals surface area contributed by atoms with Gasteiger partial charge in [0, 0.05) is 6.54 Å². The molecule has 3 rings (SSSR count). The fraction of sp³-hybridized carbons (Fsp3) is 0.130. The van der Waals surface area contributed by atoms with Crippen molar-refractivity contribution < 1.29 is 35.9 Å². The second kappa shape index (κ2) is 10.5. The van der Waals surface area contributed by atoms with E-state index in [4.69, 9.17) is 4.74 Å². The Morgan fingerprint density at radius 1 is 0.882 bits per heavy atom. The van der Waals surface area contributed by atoms with Gasteiger partial charge in [-0.3, -0.25) is 4.79 Å². The van der Waals surface area contributed by atoms with Gasteiger partial charge in [-0.15, -0.1) is 0 Å². The third kappa shape index (κ3) is 6.65. The number of alkyl halides is 3. The van der Waals surface area contributed by atoms with E-state index in [0.29, 0.717) is 0 Å². The highest BCUT2D eigenvalue weighted by Crippen LogP contribution is 2.34. The Labute approximate surface area is 193 Å². The third-order valence-corrected chi connectivity index (χ3v) is 5.93. The molecule has 34 heavy (non-hydrogen) atoms. The second-order valence-corrected chi connectivity index (χ2v) is 8.77. The smallest absolute Gasteiger partial charge is 0.418 e. The highest BCUT2D eigenvalue weighted by atomic mass is 32.2. The van der Waals surface area contributed by atoms with Crippen LogP contribution in [0.2, 0.25) is 0 Å². The monoisotopic (exact) mass is 492 g/mol. The van der Waals surface area contributed by atoms with Crippen LogP contribution in [-0.2, 0) is 32.3 Å². The molecule has 0 aliphatic heterocycles. The van der Waals surface area contributed by atoms with E-state index in [1.807, 2.05) is 5.32 Å². The number of carbonyl (C=O) groups is 2. The summed E-state index contributed by atoms with van der Waals surface area (Å²) in [6, 6.07) is 18.1. The first kappa shape index (κ1) is 24.9. The summed E-state index contributed by atoms with van der Waals surface area (Å²) in [6.07, 6.45) is -4.68. The first-order valence-electron chi connectivity index (χ1n) is 9.83. The molecule has 0 saturated carbocycles. The van der Waals surface area contributed by atoms with Gasteiger partial charge in [0.25, 0.3) is 5.91 Å². The lowest BCUT2D eigenvalue weighted by Gasteiger charge is -2.13. The lowest BCUT2D eigenvalue weighted by atomic mass is 10.1. The minimum absolute atomic E-state index is 0.0391. The standard InChI is InChI=1S/C23H19F3N2O5S/c24-23(25,26)19-11-4-5-12-20(19)28-21(29)15-33-22(30)17-9-6-10-18(13-17)34(31,32)27-14-16-7-2-1-3-8-16/h1-13,27H,14-15H2,(H,28,29). The Morgan fingerprint density at radius 3 is 2.26 bits per heavy atom. The number of hydrogen-bond donors (Lipinski definition) is 2. The van der Waals surface area contributed by atoms with Gasteiger partial charge in [-0.2, -0.15) is 13.2 Å². The van der Waals surface area contributed by atoms with Crippen molar-refractivity contribution in [2.75, 3.05) is 11.9 Å². The van der Waals surface area contributed by atoms with E-state index in [0.717, 1.165) is 23.8 Å². The summed E-state index contributed by atoms with van der Waals surface area (Å²) >= 11 is 0. The summed E-state index contributed by atoms with van der Waals surface area (Å²) in [5.74, 6) is -2.00. The Kier molecular flexibility index (Phi) is 7.69. The molecule has 0 atom stereocenters. The van der Waals surface area contributed by atoms with Gasteiger partial charge in [0.15, 0.2) is 6.61 Å². The van der Waals surface area contributed by atoms with Crippen LogP contribution >= 0.6 is 0 Å². The van der Waals surface area contributed by atoms with Crippen LogP contribution in [0.5, 0.6) is 0 Å². The molecule has 0 saturated heterocycles. The lowest BCUT2D eigenvalue weighted by Crippen LogP contribution is -2.24. The summed E-state index contributed by atoms with van der Waals surface area (Å²) in [7, 11) is -3.95. The quantitative estimate of drug-likeness (QED) is 0.464. The SMILES string of the molecule is O=C(COC(=O)c1cccc(S(=O)(=O)NCc2ccccc2)c1)Nc1ccccc1C(F)(F)F. The van der Waals surface area contributed by atoms with E-state index >= 15 is 0 Å². The Bertz CT molecular complexity index is 1280. The number of nitrogens with one attached hydrogen (secondary N) is 2. The number of ether oxygens (including phenoxy) is 1. The molecule has 0 radical (unpaired) electrons. The minimum atomic E-state index is -4.68. The molecular formula is C23H19F3N2O5S.